The van der Waals surface area contributed by atoms with Crippen molar-refractivity contribution < 1.29 is 14.2 Å². The van der Waals surface area contributed by atoms with E-state index in [9.17, 15) is 0 Å². The molecule has 1 saturated heterocycles. The van der Waals surface area contributed by atoms with Crippen LogP contribution in [0, 0.1) is 5.41 Å². The molecule has 0 aromatic carbocycles. The molecule has 1 N–H and O–H groups in total. The second kappa shape index (κ2) is 8.86. The third-order valence-corrected chi connectivity index (χ3v) is 3.10. The summed E-state index contributed by atoms with van der Waals surface area (Å²) < 4.78 is 16.4. The molecule has 1 heterocycles. The summed E-state index contributed by atoms with van der Waals surface area (Å²) in [6.45, 7) is 8.79. The highest BCUT2D eigenvalue weighted by Gasteiger charge is 2.27. The Morgan fingerprint density at radius 3 is 2.50 bits per heavy atom. The van der Waals surface area contributed by atoms with Gasteiger partial charge in [-0.1, -0.05) is 20.3 Å². The second-order valence-electron chi connectivity index (χ2n) is 5.81. The fraction of sp³-hybridized carbons (Fsp3) is 1.00. The molecule has 0 saturated carbocycles. The van der Waals surface area contributed by atoms with E-state index >= 15 is 0 Å². The summed E-state index contributed by atoms with van der Waals surface area (Å²) in [6.07, 6.45) is 4.67. The smallest absolute Gasteiger partial charge is 0.157 e. The fourth-order valence-electron chi connectivity index (χ4n) is 1.93. The van der Waals surface area contributed by atoms with E-state index in [1.807, 2.05) is 0 Å². The number of unbranched alkanes of at least 4 members (excludes halogenated alkanes) is 2. The molecular formula is C14H29NO3. The standard InChI is InChI=1S/C14H29NO3/c1-14(2)11-17-13(18-12-14)7-5-4-6-8-15-9-10-16-3/h13,15H,4-12H2,1-3H3. The van der Waals surface area contributed by atoms with E-state index in [1.165, 1.54) is 19.3 Å². The van der Waals surface area contributed by atoms with Crippen molar-refractivity contribution in [1.82, 2.24) is 5.32 Å². The molecule has 4 heteroatoms. The van der Waals surface area contributed by atoms with Gasteiger partial charge in [-0.3, -0.25) is 0 Å². The van der Waals surface area contributed by atoms with Crippen LogP contribution in [0.1, 0.15) is 39.5 Å². The third kappa shape index (κ3) is 7.31. The van der Waals surface area contributed by atoms with E-state index in [0.29, 0.717) is 0 Å². The number of methoxy groups -OCH3 is 1. The van der Waals surface area contributed by atoms with Crippen LogP contribution in [0.5, 0.6) is 0 Å². The van der Waals surface area contributed by atoms with Gasteiger partial charge in [0.2, 0.25) is 0 Å². The lowest BCUT2D eigenvalue weighted by atomic mass is 9.95. The van der Waals surface area contributed by atoms with Crippen molar-refractivity contribution in [1.29, 1.82) is 0 Å². The highest BCUT2D eigenvalue weighted by Crippen LogP contribution is 2.24. The summed E-state index contributed by atoms with van der Waals surface area (Å²) in [5.74, 6) is 0. The first-order valence-electron chi connectivity index (χ1n) is 7.07. The van der Waals surface area contributed by atoms with Gasteiger partial charge >= 0.3 is 0 Å². The Bertz CT molecular complexity index is 199. The molecule has 0 unspecified atom stereocenters. The lowest BCUT2D eigenvalue weighted by Crippen LogP contribution is -2.37. The Hall–Kier alpha value is -0.160. The van der Waals surface area contributed by atoms with E-state index in [0.717, 1.165) is 39.3 Å². The molecule has 108 valence electrons. The number of ether oxygens (including phenoxy) is 3. The largest absolute Gasteiger partial charge is 0.383 e. The Kier molecular flexibility index (Phi) is 7.82. The third-order valence-electron chi connectivity index (χ3n) is 3.10. The minimum atomic E-state index is 0.0273. The molecule has 0 bridgehead atoms. The van der Waals surface area contributed by atoms with Crippen molar-refractivity contribution in [2.75, 3.05) is 40.0 Å². The first-order chi connectivity index (χ1) is 8.64. The minimum absolute atomic E-state index is 0.0273. The monoisotopic (exact) mass is 259 g/mol. The van der Waals surface area contributed by atoms with Crippen LogP contribution in [-0.4, -0.2) is 46.3 Å². The van der Waals surface area contributed by atoms with Gasteiger partial charge < -0.3 is 19.5 Å². The van der Waals surface area contributed by atoms with Crippen molar-refractivity contribution >= 4 is 0 Å². The molecule has 0 aromatic heterocycles. The van der Waals surface area contributed by atoms with Crippen molar-refractivity contribution in [2.24, 2.45) is 5.41 Å². The summed E-state index contributed by atoms with van der Waals surface area (Å²) in [4.78, 5) is 0. The van der Waals surface area contributed by atoms with Crippen molar-refractivity contribution in [3.05, 3.63) is 0 Å². The van der Waals surface area contributed by atoms with Crippen LogP contribution in [0.3, 0.4) is 0 Å². The zero-order valence-electron chi connectivity index (χ0n) is 12.2. The molecule has 0 radical (unpaired) electrons. The number of nitrogens with one attached hydrogen (secondary N) is 1. The van der Waals surface area contributed by atoms with Crippen LogP contribution < -0.4 is 5.32 Å². The highest BCUT2D eigenvalue weighted by atomic mass is 16.7. The van der Waals surface area contributed by atoms with Crippen molar-refractivity contribution in [2.45, 2.75) is 45.8 Å². The molecule has 0 aromatic rings. The second-order valence-corrected chi connectivity index (χ2v) is 5.81. The zero-order valence-corrected chi connectivity index (χ0v) is 12.2. The van der Waals surface area contributed by atoms with Gasteiger partial charge in [-0.2, -0.15) is 0 Å². The molecule has 1 aliphatic heterocycles. The number of hydrogen-bond acceptors (Lipinski definition) is 4. The molecular weight excluding hydrogens is 230 g/mol. The van der Waals surface area contributed by atoms with E-state index < -0.39 is 0 Å². The quantitative estimate of drug-likeness (QED) is 0.644. The van der Waals surface area contributed by atoms with Gasteiger partial charge in [-0.05, 0) is 25.8 Å². The van der Waals surface area contributed by atoms with Crippen LogP contribution in [-0.2, 0) is 14.2 Å². The molecule has 1 aliphatic rings. The molecule has 0 spiro atoms. The van der Waals surface area contributed by atoms with Crippen LogP contribution in [0.2, 0.25) is 0 Å². The lowest BCUT2D eigenvalue weighted by molar-refractivity contribution is -0.224. The van der Waals surface area contributed by atoms with Gasteiger partial charge in [0.05, 0.1) is 19.8 Å². The van der Waals surface area contributed by atoms with Gasteiger partial charge in [-0.15, -0.1) is 0 Å². The van der Waals surface area contributed by atoms with Crippen molar-refractivity contribution in [3.63, 3.8) is 0 Å². The summed E-state index contributed by atoms with van der Waals surface area (Å²) in [6, 6.07) is 0. The lowest BCUT2D eigenvalue weighted by Gasteiger charge is -2.34. The Morgan fingerprint density at radius 1 is 1.11 bits per heavy atom. The molecule has 4 nitrogen and oxygen atoms in total. The highest BCUT2D eigenvalue weighted by molar-refractivity contribution is 4.71. The predicted molar refractivity (Wildman–Crippen MR) is 72.7 cm³/mol. The molecule has 1 fully saturated rings. The Labute approximate surface area is 111 Å². The fourth-order valence-corrected chi connectivity index (χ4v) is 1.93. The van der Waals surface area contributed by atoms with Gasteiger partial charge in [-0.25, -0.2) is 0 Å². The van der Waals surface area contributed by atoms with E-state index in [4.69, 9.17) is 14.2 Å². The summed E-state index contributed by atoms with van der Waals surface area (Å²) in [5.41, 5.74) is 0.182. The zero-order chi connectivity index (χ0) is 13.3. The van der Waals surface area contributed by atoms with Gasteiger partial charge in [0.1, 0.15) is 0 Å². The average molecular weight is 259 g/mol. The summed E-state index contributed by atoms with van der Waals surface area (Å²) in [5, 5.41) is 3.35. The van der Waals surface area contributed by atoms with Gasteiger partial charge in [0.25, 0.3) is 0 Å². The van der Waals surface area contributed by atoms with Crippen LogP contribution in [0.15, 0.2) is 0 Å². The maximum Gasteiger partial charge on any atom is 0.157 e. The maximum atomic E-state index is 5.70. The Balaban J connectivity index is 1.87. The SMILES string of the molecule is COCCNCCCCCC1OCC(C)(C)CO1. The molecule has 1 rings (SSSR count). The molecule has 0 amide bonds. The van der Waals surface area contributed by atoms with Crippen LogP contribution in [0.4, 0.5) is 0 Å². The van der Waals surface area contributed by atoms with Crippen LogP contribution >= 0.6 is 0 Å². The van der Waals surface area contributed by atoms with E-state index in [1.54, 1.807) is 7.11 Å². The van der Waals surface area contributed by atoms with Gasteiger partial charge in [0.15, 0.2) is 6.29 Å². The van der Waals surface area contributed by atoms with Crippen LogP contribution in [0.25, 0.3) is 0 Å². The molecule has 18 heavy (non-hydrogen) atoms. The minimum Gasteiger partial charge on any atom is -0.383 e. The first-order valence-corrected chi connectivity index (χ1v) is 7.07. The average Bonchev–Trinajstić information content (AvgIpc) is 2.34. The summed E-state index contributed by atoms with van der Waals surface area (Å²) >= 11 is 0. The molecule has 0 aliphatic carbocycles. The maximum absolute atomic E-state index is 5.70. The normalized spacial score (nSPS) is 20.2. The van der Waals surface area contributed by atoms with E-state index in [-0.39, 0.29) is 11.7 Å². The van der Waals surface area contributed by atoms with E-state index in [2.05, 4.69) is 19.2 Å². The van der Waals surface area contributed by atoms with Crippen molar-refractivity contribution in [3.8, 4) is 0 Å². The van der Waals surface area contributed by atoms with Gasteiger partial charge in [0, 0.05) is 19.1 Å². The first kappa shape index (κ1) is 15.9. The predicted octanol–water partition coefficient (Wildman–Crippen LogP) is 2.18. The summed E-state index contributed by atoms with van der Waals surface area (Å²) in [7, 11) is 1.73. The number of hydrogen-bond donors (Lipinski definition) is 1. The number of rotatable bonds is 9. The Morgan fingerprint density at radius 2 is 1.83 bits per heavy atom. The molecule has 0 atom stereocenters. The topological polar surface area (TPSA) is 39.7 Å².